The number of aryl methyl sites for hydroxylation is 1. The summed E-state index contributed by atoms with van der Waals surface area (Å²) in [6.07, 6.45) is 6.85. The van der Waals surface area contributed by atoms with Crippen molar-refractivity contribution in [1.82, 2.24) is 19.7 Å². The smallest absolute Gasteiger partial charge is 0.163 e. The van der Waals surface area contributed by atoms with Gasteiger partial charge >= 0.3 is 0 Å². The zero-order valence-electron chi connectivity index (χ0n) is 14.0. The number of anilines is 1. The minimum Gasteiger partial charge on any atom is -0.497 e. The van der Waals surface area contributed by atoms with Gasteiger partial charge in [-0.05, 0) is 37.0 Å². The molecule has 1 atom stereocenters. The molecule has 4 rings (SSSR count). The van der Waals surface area contributed by atoms with Gasteiger partial charge in [0.25, 0.3) is 0 Å². The molecule has 1 fully saturated rings. The quantitative estimate of drug-likeness (QED) is 0.738. The maximum atomic E-state index is 5.35. The lowest BCUT2D eigenvalue weighted by Gasteiger charge is -2.26. The van der Waals surface area contributed by atoms with Crippen LogP contribution >= 0.6 is 0 Å². The monoisotopic (exact) mass is 323 g/mol. The topological polar surface area (TPSA) is 56.1 Å². The molecule has 0 amide bonds. The number of fused-ring (bicyclic) bond motifs is 1. The van der Waals surface area contributed by atoms with Crippen molar-refractivity contribution in [2.45, 2.75) is 25.3 Å². The summed E-state index contributed by atoms with van der Waals surface area (Å²) in [5.41, 5.74) is 2.18. The highest BCUT2D eigenvalue weighted by Crippen LogP contribution is 2.31. The van der Waals surface area contributed by atoms with Crippen molar-refractivity contribution in [2.75, 3.05) is 18.6 Å². The summed E-state index contributed by atoms with van der Waals surface area (Å²) in [7, 11) is 3.62. The highest BCUT2D eigenvalue weighted by Gasteiger charge is 2.28. The lowest BCUT2D eigenvalue weighted by atomic mass is 10.0. The molecule has 0 radical (unpaired) electrons. The summed E-state index contributed by atoms with van der Waals surface area (Å²) < 4.78 is 7.15. The molecule has 2 aromatic heterocycles. The predicted molar refractivity (Wildman–Crippen MR) is 93.4 cm³/mol. The van der Waals surface area contributed by atoms with Gasteiger partial charge in [0.05, 0.1) is 18.7 Å². The van der Waals surface area contributed by atoms with E-state index in [1.807, 2.05) is 19.3 Å². The highest BCUT2D eigenvalue weighted by atomic mass is 16.5. The fourth-order valence-electron chi connectivity index (χ4n) is 3.58. The van der Waals surface area contributed by atoms with E-state index in [1.165, 1.54) is 18.4 Å². The first-order chi connectivity index (χ1) is 11.8. The Morgan fingerprint density at radius 1 is 1.29 bits per heavy atom. The Balaban J connectivity index is 1.64. The molecule has 1 unspecified atom stereocenters. The summed E-state index contributed by atoms with van der Waals surface area (Å²) in [6, 6.07) is 8.77. The summed E-state index contributed by atoms with van der Waals surface area (Å²) in [5, 5.41) is 5.36. The minimum atomic E-state index is 0.440. The number of nitrogens with zero attached hydrogens (tertiary/aromatic N) is 5. The van der Waals surface area contributed by atoms with Crippen molar-refractivity contribution >= 4 is 16.9 Å². The van der Waals surface area contributed by atoms with Gasteiger partial charge < -0.3 is 9.64 Å². The van der Waals surface area contributed by atoms with Crippen molar-refractivity contribution in [3.05, 3.63) is 42.4 Å². The summed E-state index contributed by atoms with van der Waals surface area (Å²) >= 11 is 0. The van der Waals surface area contributed by atoms with Gasteiger partial charge in [0.1, 0.15) is 17.9 Å². The van der Waals surface area contributed by atoms with E-state index >= 15 is 0 Å². The molecule has 124 valence electrons. The van der Waals surface area contributed by atoms with Gasteiger partial charge in [0.15, 0.2) is 5.65 Å². The molecule has 1 saturated heterocycles. The van der Waals surface area contributed by atoms with Crippen molar-refractivity contribution in [3.8, 4) is 5.75 Å². The predicted octanol–water partition coefficient (Wildman–Crippen LogP) is 2.58. The molecule has 6 nitrogen and oxygen atoms in total. The Labute approximate surface area is 141 Å². The molecular formula is C18H21N5O. The largest absolute Gasteiger partial charge is 0.497 e. The Hall–Kier alpha value is -2.63. The zero-order valence-corrected chi connectivity index (χ0v) is 14.0. The fraction of sp³-hybridized carbons (Fsp3) is 0.389. The third kappa shape index (κ3) is 2.58. The van der Waals surface area contributed by atoms with E-state index < -0.39 is 0 Å². The molecule has 1 aliphatic rings. The van der Waals surface area contributed by atoms with Crippen LogP contribution in [-0.4, -0.2) is 39.4 Å². The van der Waals surface area contributed by atoms with Crippen LogP contribution in [0.4, 0.5) is 5.82 Å². The van der Waals surface area contributed by atoms with E-state index in [1.54, 1.807) is 18.1 Å². The van der Waals surface area contributed by atoms with Gasteiger partial charge in [-0.2, -0.15) is 5.10 Å². The molecule has 6 heteroatoms. The summed E-state index contributed by atoms with van der Waals surface area (Å²) in [4.78, 5) is 11.3. The molecule has 0 aliphatic carbocycles. The van der Waals surface area contributed by atoms with Crippen LogP contribution in [0.15, 0.2) is 36.8 Å². The average Bonchev–Trinajstić information content (AvgIpc) is 3.22. The lowest BCUT2D eigenvalue weighted by Crippen LogP contribution is -2.31. The van der Waals surface area contributed by atoms with Gasteiger partial charge in [-0.1, -0.05) is 12.1 Å². The van der Waals surface area contributed by atoms with Crippen LogP contribution in [0, 0.1) is 0 Å². The number of rotatable bonds is 4. The normalized spacial score (nSPS) is 17.6. The van der Waals surface area contributed by atoms with Gasteiger partial charge in [-0.25, -0.2) is 9.97 Å². The van der Waals surface area contributed by atoms with E-state index in [-0.39, 0.29) is 0 Å². The van der Waals surface area contributed by atoms with Crippen molar-refractivity contribution in [1.29, 1.82) is 0 Å². The van der Waals surface area contributed by atoms with Crippen LogP contribution in [0.3, 0.4) is 0 Å². The standard InChI is InChI=1S/C18H21N5O/c1-22-17-16(11-21-22)18(20-12-19-17)23-8-4-6-14(23)9-13-5-3-7-15(10-13)24-2/h3,5,7,10-12,14H,4,6,8-9H2,1-2H3. The molecule has 0 bridgehead atoms. The van der Waals surface area contributed by atoms with Crippen LogP contribution in [-0.2, 0) is 13.5 Å². The molecule has 0 N–H and O–H groups in total. The van der Waals surface area contributed by atoms with E-state index in [0.29, 0.717) is 6.04 Å². The third-order valence-electron chi connectivity index (χ3n) is 4.76. The number of ether oxygens (including phenoxy) is 1. The first-order valence-electron chi connectivity index (χ1n) is 8.28. The number of aromatic nitrogens is 4. The Morgan fingerprint density at radius 3 is 3.08 bits per heavy atom. The Kier molecular flexibility index (Phi) is 3.80. The zero-order chi connectivity index (χ0) is 16.5. The highest BCUT2D eigenvalue weighted by molar-refractivity contribution is 5.86. The lowest BCUT2D eigenvalue weighted by molar-refractivity contribution is 0.414. The molecule has 1 aliphatic heterocycles. The third-order valence-corrected chi connectivity index (χ3v) is 4.76. The number of benzene rings is 1. The number of hydrogen-bond acceptors (Lipinski definition) is 5. The van der Waals surface area contributed by atoms with Crippen molar-refractivity contribution < 1.29 is 4.74 Å². The van der Waals surface area contributed by atoms with Crippen LogP contribution in [0.2, 0.25) is 0 Å². The van der Waals surface area contributed by atoms with Crippen molar-refractivity contribution in [2.24, 2.45) is 7.05 Å². The second-order valence-corrected chi connectivity index (χ2v) is 6.25. The average molecular weight is 323 g/mol. The molecule has 3 heterocycles. The van der Waals surface area contributed by atoms with Crippen molar-refractivity contribution in [3.63, 3.8) is 0 Å². The van der Waals surface area contributed by atoms with E-state index in [9.17, 15) is 0 Å². The SMILES string of the molecule is COc1cccc(CC2CCCN2c2ncnc3c2cnn3C)c1. The van der Waals surface area contributed by atoms with Gasteiger partial charge in [0.2, 0.25) is 0 Å². The minimum absolute atomic E-state index is 0.440. The van der Waals surface area contributed by atoms with E-state index in [2.05, 4.69) is 38.2 Å². The first-order valence-corrected chi connectivity index (χ1v) is 8.28. The Bertz CT molecular complexity index is 859. The van der Waals surface area contributed by atoms with E-state index in [4.69, 9.17) is 4.74 Å². The Morgan fingerprint density at radius 2 is 2.21 bits per heavy atom. The maximum absolute atomic E-state index is 5.35. The van der Waals surface area contributed by atoms with Crippen LogP contribution in [0.1, 0.15) is 18.4 Å². The summed E-state index contributed by atoms with van der Waals surface area (Å²) in [5.74, 6) is 1.91. The van der Waals surface area contributed by atoms with Gasteiger partial charge in [0, 0.05) is 19.6 Å². The molecule has 3 aromatic rings. The fourth-order valence-corrected chi connectivity index (χ4v) is 3.58. The molecule has 0 spiro atoms. The maximum Gasteiger partial charge on any atom is 0.163 e. The molecule has 24 heavy (non-hydrogen) atoms. The second-order valence-electron chi connectivity index (χ2n) is 6.25. The second kappa shape index (κ2) is 6.11. The van der Waals surface area contributed by atoms with Crippen LogP contribution in [0.5, 0.6) is 5.75 Å². The van der Waals surface area contributed by atoms with Gasteiger partial charge in [-0.3, -0.25) is 4.68 Å². The summed E-state index contributed by atoms with van der Waals surface area (Å²) in [6.45, 7) is 1.02. The van der Waals surface area contributed by atoms with Crippen LogP contribution in [0.25, 0.3) is 11.0 Å². The van der Waals surface area contributed by atoms with E-state index in [0.717, 1.165) is 35.6 Å². The number of hydrogen-bond donors (Lipinski definition) is 0. The van der Waals surface area contributed by atoms with Crippen LogP contribution < -0.4 is 9.64 Å². The first kappa shape index (κ1) is 14.9. The van der Waals surface area contributed by atoms with Gasteiger partial charge in [-0.15, -0.1) is 0 Å². The molecule has 0 saturated carbocycles. The number of methoxy groups -OCH3 is 1. The molecule has 1 aromatic carbocycles. The molecular weight excluding hydrogens is 302 g/mol.